The molecule has 0 saturated heterocycles. The number of nitrogens with zero attached hydrogens (tertiary/aromatic N) is 3. The van der Waals surface area contributed by atoms with Crippen LogP contribution in [0.25, 0.3) is 49.7 Å². The summed E-state index contributed by atoms with van der Waals surface area (Å²) in [5, 5.41) is 2.50. The molecule has 10 aromatic rings. The molecule has 0 saturated carbocycles. The van der Waals surface area contributed by atoms with Crippen LogP contribution in [0.4, 0.5) is 34.1 Å². The van der Waals surface area contributed by atoms with E-state index in [1.807, 2.05) is 0 Å². The van der Waals surface area contributed by atoms with Crippen LogP contribution in [-0.4, -0.2) is 4.57 Å². The zero-order valence-electron chi connectivity index (χ0n) is 33.7. The van der Waals surface area contributed by atoms with Gasteiger partial charge in [0, 0.05) is 44.5 Å². The maximum atomic E-state index is 2.44. The fraction of sp³-hybridized carbons (Fsp3) is 0.0526. The summed E-state index contributed by atoms with van der Waals surface area (Å²) in [5.74, 6) is 0. The number of para-hydroxylation sites is 6. The predicted molar refractivity (Wildman–Crippen MR) is 253 cm³/mol. The Balaban J connectivity index is 1.02. The lowest BCUT2D eigenvalue weighted by Crippen LogP contribution is -2.30. The quantitative estimate of drug-likeness (QED) is 0.160. The minimum absolute atomic E-state index is 0.170. The van der Waals surface area contributed by atoms with Gasteiger partial charge < -0.3 is 14.4 Å². The van der Waals surface area contributed by atoms with Crippen molar-refractivity contribution in [1.82, 2.24) is 4.57 Å². The molecule has 11 rings (SSSR count). The van der Waals surface area contributed by atoms with E-state index in [-0.39, 0.29) is 5.41 Å². The highest BCUT2D eigenvalue weighted by atomic mass is 15.2. The highest BCUT2D eigenvalue weighted by molar-refractivity contribution is 6.10. The zero-order chi connectivity index (χ0) is 40.2. The molecule has 9 aromatic carbocycles. The lowest BCUT2D eigenvalue weighted by Gasteiger charge is -2.42. The second-order valence-electron chi connectivity index (χ2n) is 16.2. The molecule has 1 aliphatic rings. The van der Waals surface area contributed by atoms with Crippen LogP contribution in [0.5, 0.6) is 0 Å². The molecule has 2 heterocycles. The first-order valence-corrected chi connectivity index (χ1v) is 20.8. The predicted octanol–water partition coefficient (Wildman–Crippen LogP) is 15.7. The Hall–Kier alpha value is -7.62. The van der Waals surface area contributed by atoms with Gasteiger partial charge in [0.2, 0.25) is 0 Å². The molecule has 0 spiro atoms. The summed E-state index contributed by atoms with van der Waals surface area (Å²) < 4.78 is 2.37. The average molecular weight is 770 g/mol. The van der Waals surface area contributed by atoms with Crippen LogP contribution >= 0.6 is 0 Å². The van der Waals surface area contributed by atoms with Gasteiger partial charge in [-0.15, -0.1) is 0 Å². The van der Waals surface area contributed by atoms with Crippen molar-refractivity contribution < 1.29 is 0 Å². The van der Waals surface area contributed by atoms with Crippen LogP contribution in [0.15, 0.2) is 224 Å². The molecular weight excluding hydrogens is 727 g/mol. The highest BCUT2D eigenvalue weighted by Crippen LogP contribution is 2.53. The summed E-state index contributed by atoms with van der Waals surface area (Å²) in [7, 11) is 0. The van der Waals surface area contributed by atoms with E-state index >= 15 is 0 Å². The van der Waals surface area contributed by atoms with E-state index in [0.717, 1.165) is 28.3 Å². The maximum Gasteiger partial charge on any atom is 0.0541 e. The largest absolute Gasteiger partial charge is 0.310 e. The summed E-state index contributed by atoms with van der Waals surface area (Å²) in [6.07, 6.45) is 0. The molecule has 0 atom stereocenters. The molecule has 1 aromatic heterocycles. The fourth-order valence-electron chi connectivity index (χ4n) is 9.47. The molecule has 0 amide bonds. The minimum Gasteiger partial charge on any atom is -0.310 e. The topological polar surface area (TPSA) is 11.4 Å². The van der Waals surface area contributed by atoms with Crippen molar-refractivity contribution in [2.45, 2.75) is 19.3 Å². The van der Waals surface area contributed by atoms with Gasteiger partial charge in [0.05, 0.1) is 28.1 Å². The highest BCUT2D eigenvalue weighted by Gasteiger charge is 2.37. The third-order valence-corrected chi connectivity index (χ3v) is 12.4. The molecule has 0 N–H and O–H groups in total. The number of anilines is 6. The van der Waals surface area contributed by atoms with Crippen LogP contribution in [0.1, 0.15) is 25.0 Å². The molecule has 3 nitrogen and oxygen atoms in total. The van der Waals surface area contributed by atoms with Gasteiger partial charge in [0.15, 0.2) is 0 Å². The summed E-state index contributed by atoms with van der Waals surface area (Å²) in [5.41, 5.74) is 17.6. The molecule has 0 unspecified atom stereocenters. The van der Waals surface area contributed by atoms with E-state index in [0.29, 0.717) is 0 Å². The number of aromatic nitrogens is 1. The summed E-state index contributed by atoms with van der Waals surface area (Å²) in [6, 6.07) is 81.5. The lowest BCUT2D eigenvalue weighted by molar-refractivity contribution is 0.632. The van der Waals surface area contributed by atoms with Gasteiger partial charge in [-0.2, -0.15) is 0 Å². The molecule has 1 aliphatic heterocycles. The molecule has 3 heteroatoms. The summed E-state index contributed by atoms with van der Waals surface area (Å²) >= 11 is 0. The zero-order valence-corrected chi connectivity index (χ0v) is 33.7. The van der Waals surface area contributed by atoms with E-state index < -0.39 is 0 Å². The summed E-state index contributed by atoms with van der Waals surface area (Å²) in [6.45, 7) is 4.70. The number of hydrogen-bond acceptors (Lipinski definition) is 2. The SMILES string of the molecule is CC1(C)c2ccccc2N(c2ccccc2)c2cc(-c3ccccc3N(c3ccccc3)c3ccc(-c4ccc5c(c4)c4ccccc4n5-c4ccccc4)cc3)ccc21. The van der Waals surface area contributed by atoms with E-state index in [1.165, 1.54) is 66.7 Å². The smallest absolute Gasteiger partial charge is 0.0541 e. The Bertz CT molecular complexity index is 3160. The second-order valence-corrected chi connectivity index (χ2v) is 16.2. The number of benzene rings is 9. The molecule has 0 fully saturated rings. The van der Waals surface area contributed by atoms with Crippen molar-refractivity contribution in [3.05, 3.63) is 236 Å². The van der Waals surface area contributed by atoms with Crippen molar-refractivity contribution in [3.8, 4) is 27.9 Å². The van der Waals surface area contributed by atoms with Gasteiger partial charge >= 0.3 is 0 Å². The van der Waals surface area contributed by atoms with E-state index in [2.05, 4.69) is 253 Å². The van der Waals surface area contributed by atoms with Gasteiger partial charge in [-0.05, 0) is 113 Å². The number of rotatable bonds is 7. The minimum atomic E-state index is -0.170. The van der Waals surface area contributed by atoms with Gasteiger partial charge in [-0.1, -0.05) is 153 Å². The first kappa shape index (κ1) is 35.5. The molecule has 0 bridgehead atoms. The fourth-order valence-corrected chi connectivity index (χ4v) is 9.47. The van der Waals surface area contributed by atoms with Gasteiger partial charge in [-0.3, -0.25) is 0 Å². The third kappa shape index (κ3) is 5.81. The average Bonchev–Trinajstić information content (AvgIpc) is 3.64. The number of hydrogen-bond donors (Lipinski definition) is 0. The maximum absolute atomic E-state index is 2.44. The Morgan fingerprint density at radius 3 is 1.73 bits per heavy atom. The van der Waals surface area contributed by atoms with Crippen LogP contribution < -0.4 is 9.80 Å². The third-order valence-electron chi connectivity index (χ3n) is 12.4. The molecule has 286 valence electrons. The Labute approximate surface area is 351 Å². The van der Waals surface area contributed by atoms with Crippen molar-refractivity contribution in [3.63, 3.8) is 0 Å². The van der Waals surface area contributed by atoms with Crippen molar-refractivity contribution in [1.29, 1.82) is 0 Å². The Kier molecular flexibility index (Phi) is 8.49. The van der Waals surface area contributed by atoms with E-state index in [9.17, 15) is 0 Å². The lowest BCUT2D eigenvalue weighted by atomic mass is 9.73. The van der Waals surface area contributed by atoms with Gasteiger partial charge in [-0.25, -0.2) is 0 Å². The van der Waals surface area contributed by atoms with Crippen LogP contribution in [0.2, 0.25) is 0 Å². The normalized spacial score (nSPS) is 12.9. The van der Waals surface area contributed by atoms with Gasteiger partial charge in [0.25, 0.3) is 0 Å². The number of fused-ring (bicyclic) bond motifs is 5. The molecule has 60 heavy (non-hydrogen) atoms. The Morgan fingerprint density at radius 1 is 0.383 bits per heavy atom. The first-order valence-electron chi connectivity index (χ1n) is 20.8. The standard InChI is InChI=1S/C57H43N3/c1-57(2)50-26-14-17-29-55(50)60(45-22-10-5-11-23-45)56-39-42(32-36-51(56)57)47-24-12-15-27-52(47)58(43-18-6-3-7-19-43)46-34-30-40(31-35-46)41-33-37-54-49(38-41)48-25-13-16-28-53(48)59(54)44-20-8-4-9-21-44/h3-39H,1-2H3. The van der Waals surface area contributed by atoms with Crippen LogP contribution in [-0.2, 0) is 5.41 Å². The monoisotopic (exact) mass is 769 g/mol. The van der Waals surface area contributed by atoms with Crippen LogP contribution in [0, 0.1) is 0 Å². The summed E-state index contributed by atoms with van der Waals surface area (Å²) in [4.78, 5) is 4.83. The molecule has 0 radical (unpaired) electrons. The second kappa shape index (κ2) is 14.3. The van der Waals surface area contributed by atoms with Crippen LogP contribution in [0.3, 0.4) is 0 Å². The van der Waals surface area contributed by atoms with E-state index in [1.54, 1.807) is 0 Å². The Morgan fingerprint density at radius 2 is 0.950 bits per heavy atom. The van der Waals surface area contributed by atoms with Crippen molar-refractivity contribution >= 4 is 55.9 Å². The van der Waals surface area contributed by atoms with E-state index in [4.69, 9.17) is 0 Å². The van der Waals surface area contributed by atoms with Gasteiger partial charge in [0.1, 0.15) is 0 Å². The molecule has 0 aliphatic carbocycles. The molecular formula is C57H43N3. The first-order chi connectivity index (χ1) is 29.5. The van der Waals surface area contributed by atoms with Crippen molar-refractivity contribution in [2.75, 3.05) is 9.80 Å². The van der Waals surface area contributed by atoms with Crippen molar-refractivity contribution in [2.24, 2.45) is 0 Å².